The summed E-state index contributed by atoms with van der Waals surface area (Å²) < 4.78 is 0. The zero-order valence-corrected chi connectivity index (χ0v) is 15.0. The topological polar surface area (TPSA) is 46.2 Å². The number of rotatable bonds is 5. The summed E-state index contributed by atoms with van der Waals surface area (Å²) in [6.07, 6.45) is 0. The molecule has 0 aliphatic rings. The van der Waals surface area contributed by atoms with Gasteiger partial charge < -0.3 is 5.32 Å². The molecule has 2 aromatic rings. The largest absolute Gasteiger partial charge is 0.322 e. The summed E-state index contributed by atoms with van der Waals surface area (Å²) >= 11 is 0. The second-order valence-electron chi connectivity index (χ2n) is 6.75. The van der Waals surface area contributed by atoms with Gasteiger partial charge in [-0.15, -0.1) is 0 Å². The molecule has 1 amide bonds. The van der Waals surface area contributed by atoms with Crippen molar-refractivity contribution in [3.8, 4) is 0 Å². The van der Waals surface area contributed by atoms with Crippen LogP contribution in [-0.2, 0) is 0 Å². The van der Waals surface area contributed by atoms with E-state index in [0.29, 0.717) is 22.7 Å². The Kier molecular flexibility index (Phi) is 5.55. The molecule has 0 bridgehead atoms. The molecule has 0 atom stereocenters. The van der Waals surface area contributed by atoms with Crippen molar-refractivity contribution in [1.82, 2.24) is 0 Å². The van der Waals surface area contributed by atoms with Gasteiger partial charge in [0, 0.05) is 16.8 Å². The van der Waals surface area contributed by atoms with E-state index in [4.69, 9.17) is 0 Å². The lowest BCUT2D eigenvalue weighted by Gasteiger charge is -2.16. The van der Waals surface area contributed by atoms with Crippen LogP contribution in [-0.4, -0.2) is 11.7 Å². The van der Waals surface area contributed by atoms with Crippen molar-refractivity contribution < 1.29 is 9.59 Å². The molecule has 126 valence electrons. The van der Waals surface area contributed by atoms with Crippen molar-refractivity contribution in [3.63, 3.8) is 0 Å². The fourth-order valence-electron chi connectivity index (χ4n) is 2.64. The first-order valence-corrected chi connectivity index (χ1v) is 8.35. The maximum atomic E-state index is 12.7. The number of anilines is 1. The van der Waals surface area contributed by atoms with Crippen molar-refractivity contribution in [2.45, 2.75) is 46.5 Å². The van der Waals surface area contributed by atoms with Crippen LogP contribution < -0.4 is 5.32 Å². The third-order valence-electron chi connectivity index (χ3n) is 4.14. The van der Waals surface area contributed by atoms with E-state index in [-0.39, 0.29) is 17.6 Å². The summed E-state index contributed by atoms with van der Waals surface area (Å²) in [6.45, 7) is 9.99. The number of carbonyl (C=O) groups excluding carboxylic acids is 2. The molecule has 0 fully saturated rings. The molecule has 3 heteroatoms. The molecule has 2 aromatic carbocycles. The Morgan fingerprint density at radius 1 is 0.917 bits per heavy atom. The van der Waals surface area contributed by atoms with Crippen molar-refractivity contribution in [2.75, 3.05) is 5.32 Å². The third kappa shape index (κ3) is 4.10. The Balaban J connectivity index is 2.32. The average molecular weight is 323 g/mol. The Labute approximate surface area is 144 Å². The first kappa shape index (κ1) is 17.9. The van der Waals surface area contributed by atoms with Crippen LogP contribution in [0, 0.1) is 0 Å². The Morgan fingerprint density at radius 3 is 2.21 bits per heavy atom. The molecule has 0 aliphatic heterocycles. The average Bonchev–Trinajstić information content (AvgIpc) is 2.54. The van der Waals surface area contributed by atoms with E-state index in [1.54, 1.807) is 24.3 Å². The van der Waals surface area contributed by atoms with Gasteiger partial charge in [0.2, 0.25) is 0 Å². The van der Waals surface area contributed by atoms with E-state index < -0.39 is 0 Å². The summed E-state index contributed by atoms with van der Waals surface area (Å²) in [5.74, 6) is 0.518. The van der Waals surface area contributed by atoms with Crippen LogP contribution in [0.2, 0.25) is 0 Å². The summed E-state index contributed by atoms with van der Waals surface area (Å²) in [5.41, 5.74) is 4.18. The number of hydrogen-bond acceptors (Lipinski definition) is 2. The molecule has 0 radical (unpaired) electrons. The molecule has 0 aliphatic carbocycles. The van der Waals surface area contributed by atoms with E-state index in [2.05, 4.69) is 39.1 Å². The van der Waals surface area contributed by atoms with Gasteiger partial charge in [-0.3, -0.25) is 9.59 Å². The van der Waals surface area contributed by atoms with Gasteiger partial charge in [-0.2, -0.15) is 0 Å². The molecular formula is C21H25NO2. The van der Waals surface area contributed by atoms with Crippen molar-refractivity contribution in [1.29, 1.82) is 0 Å². The highest BCUT2D eigenvalue weighted by molar-refractivity contribution is 6.06. The number of nitrogens with one attached hydrogen (secondary N) is 1. The Morgan fingerprint density at radius 2 is 1.62 bits per heavy atom. The molecule has 0 aromatic heterocycles. The van der Waals surface area contributed by atoms with Gasteiger partial charge in [-0.25, -0.2) is 0 Å². The van der Waals surface area contributed by atoms with Gasteiger partial charge in [0.15, 0.2) is 5.78 Å². The van der Waals surface area contributed by atoms with Gasteiger partial charge in [0.25, 0.3) is 5.91 Å². The van der Waals surface area contributed by atoms with Crippen LogP contribution in [0.25, 0.3) is 0 Å². The van der Waals surface area contributed by atoms with Crippen LogP contribution in [0.4, 0.5) is 5.69 Å². The van der Waals surface area contributed by atoms with Crippen LogP contribution in [0.5, 0.6) is 0 Å². The summed E-state index contributed by atoms with van der Waals surface area (Å²) in [4.78, 5) is 24.2. The number of hydrogen-bond donors (Lipinski definition) is 1. The fourth-order valence-corrected chi connectivity index (χ4v) is 2.64. The first-order chi connectivity index (χ1) is 11.3. The number of Topliss-reactive ketones (excluding diaryl/α,β-unsaturated/α-hetero) is 1. The highest BCUT2D eigenvalue weighted by Crippen LogP contribution is 2.26. The lowest BCUT2D eigenvalue weighted by atomic mass is 9.91. The molecule has 0 unspecified atom stereocenters. The smallest absolute Gasteiger partial charge is 0.255 e. The highest BCUT2D eigenvalue weighted by Gasteiger charge is 2.16. The fraction of sp³-hybridized carbons (Fsp3) is 0.333. The normalized spacial score (nSPS) is 11.0. The highest BCUT2D eigenvalue weighted by atomic mass is 16.1. The summed E-state index contributed by atoms with van der Waals surface area (Å²) in [6, 6.07) is 13.1. The van der Waals surface area contributed by atoms with Crippen molar-refractivity contribution >= 4 is 17.4 Å². The molecule has 0 saturated heterocycles. The van der Waals surface area contributed by atoms with E-state index >= 15 is 0 Å². The predicted octanol–water partition coefficient (Wildman–Crippen LogP) is 5.39. The number of amides is 1. The molecule has 0 saturated carbocycles. The zero-order chi connectivity index (χ0) is 17.9. The Hall–Kier alpha value is -2.42. The van der Waals surface area contributed by atoms with E-state index in [1.165, 1.54) is 12.5 Å². The van der Waals surface area contributed by atoms with Crippen molar-refractivity contribution in [3.05, 3.63) is 64.7 Å². The monoisotopic (exact) mass is 323 g/mol. The van der Waals surface area contributed by atoms with Gasteiger partial charge in [0.05, 0.1) is 0 Å². The lowest BCUT2D eigenvalue weighted by molar-refractivity contribution is 0.101. The molecule has 1 N–H and O–H groups in total. The minimum atomic E-state index is -0.144. The number of ketones is 1. The second-order valence-corrected chi connectivity index (χ2v) is 6.75. The molecule has 3 nitrogen and oxygen atoms in total. The molecular weight excluding hydrogens is 298 g/mol. The van der Waals surface area contributed by atoms with Gasteiger partial charge in [0.1, 0.15) is 0 Å². The number of benzene rings is 2. The molecule has 24 heavy (non-hydrogen) atoms. The summed E-state index contributed by atoms with van der Waals surface area (Å²) in [7, 11) is 0. The van der Waals surface area contributed by atoms with Gasteiger partial charge in [-0.05, 0) is 48.1 Å². The van der Waals surface area contributed by atoms with E-state index in [1.807, 2.05) is 12.1 Å². The maximum absolute atomic E-state index is 12.7. The second kappa shape index (κ2) is 7.43. The Bertz CT molecular complexity index is 760. The molecule has 2 rings (SSSR count). The molecule has 0 spiro atoms. The van der Waals surface area contributed by atoms with Crippen molar-refractivity contribution in [2.24, 2.45) is 0 Å². The van der Waals surface area contributed by atoms with Crippen LogP contribution >= 0.6 is 0 Å². The summed E-state index contributed by atoms with van der Waals surface area (Å²) in [5, 5.41) is 2.91. The van der Waals surface area contributed by atoms with Crippen LogP contribution in [0.1, 0.15) is 78.3 Å². The number of carbonyl (C=O) groups is 2. The van der Waals surface area contributed by atoms with Crippen LogP contribution in [0.15, 0.2) is 42.5 Å². The standard InChI is InChI=1S/C21H25NO2/c1-13(2)16-9-10-19(20(12-16)14(3)4)21(24)22-18-8-6-7-17(11-18)15(5)23/h6-14H,1-5H3,(H,22,24). The molecule has 0 heterocycles. The third-order valence-corrected chi connectivity index (χ3v) is 4.14. The van der Waals surface area contributed by atoms with E-state index in [0.717, 1.165) is 5.56 Å². The zero-order valence-electron chi connectivity index (χ0n) is 15.0. The van der Waals surface area contributed by atoms with Crippen LogP contribution in [0.3, 0.4) is 0 Å². The quantitative estimate of drug-likeness (QED) is 0.750. The predicted molar refractivity (Wildman–Crippen MR) is 99.0 cm³/mol. The lowest BCUT2D eigenvalue weighted by Crippen LogP contribution is -2.15. The van der Waals surface area contributed by atoms with E-state index in [9.17, 15) is 9.59 Å². The minimum absolute atomic E-state index is 0.0183. The first-order valence-electron chi connectivity index (χ1n) is 8.35. The SMILES string of the molecule is CC(=O)c1cccc(NC(=O)c2ccc(C(C)C)cc2C(C)C)c1. The minimum Gasteiger partial charge on any atom is -0.322 e. The maximum Gasteiger partial charge on any atom is 0.255 e. The van der Waals surface area contributed by atoms with Gasteiger partial charge in [-0.1, -0.05) is 52.0 Å². The van der Waals surface area contributed by atoms with Gasteiger partial charge >= 0.3 is 0 Å².